The number of ether oxygens (including phenoxy) is 2. The molecule has 0 radical (unpaired) electrons. The van der Waals surface area contributed by atoms with Crippen molar-refractivity contribution in [2.45, 2.75) is 73.5 Å². The van der Waals surface area contributed by atoms with E-state index in [0.717, 1.165) is 11.1 Å². The Balaban J connectivity index is 2.06. The van der Waals surface area contributed by atoms with Gasteiger partial charge in [-0.25, -0.2) is 9.59 Å². The summed E-state index contributed by atoms with van der Waals surface area (Å²) in [4.78, 5) is 38.4. The van der Waals surface area contributed by atoms with Gasteiger partial charge in [0.2, 0.25) is 5.78 Å². The van der Waals surface area contributed by atoms with Crippen molar-refractivity contribution in [2.24, 2.45) is 17.3 Å². The summed E-state index contributed by atoms with van der Waals surface area (Å²) in [6.07, 6.45) is 4.76. The van der Waals surface area contributed by atoms with Crippen molar-refractivity contribution in [1.82, 2.24) is 0 Å². The van der Waals surface area contributed by atoms with Crippen molar-refractivity contribution < 1.29 is 28.3 Å². The maximum absolute atomic E-state index is 13.3. The first-order chi connectivity index (χ1) is 14.5. The first-order valence-corrected chi connectivity index (χ1v) is 10.8. The molecule has 1 aromatic heterocycles. The van der Waals surface area contributed by atoms with Crippen LogP contribution in [0.25, 0.3) is 0 Å². The van der Waals surface area contributed by atoms with Crippen LogP contribution in [0.4, 0.5) is 0 Å². The molecule has 0 amide bonds. The molecule has 2 aliphatic rings. The van der Waals surface area contributed by atoms with Crippen molar-refractivity contribution in [1.29, 1.82) is 0 Å². The maximum atomic E-state index is 13.3. The summed E-state index contributed by atoms with van der Waals surface area (Å²) in [6.45, 7) is 13.0. The van der Waals surface area contributed by atoms with Gasteiger partial charge < -0.3 is 13.9 Å². The Bertz CT molecular complexity index is 961. The van der Waals surface area contributed by atoms with Gasteiger partial charge in [-0.15, -0.1) is 0 Å². The number of ketones is 1. The molecule has 2 aliphatic carbocycles. The number of carbonyl (C=O) groups excluding carboxylic acids is 3. The standard InChI is InChI=1S/C25H32O6/c1-8-14(4)24(28)31-23-20-15(5)12-29-22(20)21(27)17-9-10-18(16(6)25(17,23)7)30-19(26)11-13(2)3/h8,11-12,16-18,23H,9-10H2,1-7H3. The normalized spacial score (nSPS) is 30.2. The summed E-state index contributed by atoms with van der Waals surface area (Å²) < 4.78 is 17.4. The highest BCUT2D eigenvalue weighted by Crippen LogP contribution is 2.60. The number of hydrogen-bond donors (Lipinski definition) is 0. The Labute approximate surface area is 183 Å². The van der Waals surface area contributed by atoms with E-state index in [-0.39, 0.29) is 35.5 Å². The van der Waals surface area contributed by atoms with E-state index < -0.39 is 17.5 Å². The lowest BCUT2D eigenvalue weighted by Crippen LogP contribution is -2.55. The van der Waals surface area contributed by atoms with E-state index in [1.165, 1.54) is 6.08 Å². The number of Topliss-reactive ketones (excluding diaryl/α,β-unsaturated/α-hetero) is 1. The number of esters is 2. The van der Waals surface area contributed by atoms with Crippen molar-refractivity contribution in [3.63, 3.8) is 0 Å². The lowest BCUT2D eigenvalue weighted by atomic mass is 9.53. The molecule has 0 bridgehead atoms. The van der Waals surface area contributed by atoms with Crippen LogP contribution in [0.1, 0.15) is 82.2 Å². The van der Waals surface area contributed by atoms with Crippen molar-refractivity contribution >= 4 is 17.7 Å². The molecule has 0 aliphatic heterocycles. The van der Waals surface area contributed by atoms with Gasteiger partial charge in [0.15, 0.2) is 5.76 Å². The second-order valence-electron chi connectivity index (χ2n) is 9.26. The van der Waals surface area contributed by atoms with Crippen LogP contribution in [0, 0.1) is 24.2 Å². The third-order valence-electron chi connectivity index (χ3n) is 7.07. The third-order valence-corrected chi connectivity index (χ3v) is 7.07. The number of hydrogen-bond acceptors (Lipinski definition) is 6. The fraction of sp³-hybridized carbons (Fsp3) is 0.560. The van der Waals surface area contributed by atoms with E-state index in [9.17, 15) is 14.4 Å². The fourth-order valence-electron chi connectivity index (χ4n) is 4.97. The molecule has 0 N–H and O–H groups in total. The highest BCUT2D eigenvalue weighted by atomic mass is 16.6. The van der Waals surface area contributed by atoms with Crippen LogP contribution in [0.15, 0.2) is 34.0 Å². The van der Waals surface area contributed by atoms with Crippen LogP contribution in [0.2, 0.25) is 0 Å². The van der Waals surface area contributed by atoms with Gasteiger partial charge in [0, 0.05) is 34.5 Å². The van der Waals surface area contributed by atoms with Gasteiger partial charge in [0.1, 0.15) is 12.2 Å². The minimum Gasteiger partial charge on any atom is -0.461 e. The van der Waals surface area contributed by atoms with Crippen molar-refractivity contribution in [3.05, 3.63) is 46.4 Å². The second-order valence-corrected chi connectivity index (χ2v) is 9.26. The van der Waals surface area contributed by atoms with Crippen LogP contribution in [0.5, 0.6) is 0 Å². The number of carbonyl (C=O) groups is 3. The number of fused-ring (bicyclic) bond motifs is 2. The zero-order chi connectivity index (χ0) is 23.1. The molecule has 6 nitrogen and oxygen atoms in total. The summed E-state index contributed by atoms with van der Waals surface area (Å²) in [5.41, 5.74) is 2.02. The average Bonchev–Trinajstić information content (AvgIpc) is 3.08. The fourth-order valence-corrected chi connectivity index (χ4v) is 4.97. The van der Waals surface area contributed by atoms with Gasteiger partial charge in [-0.1, -0.05) is 25.5 Å². The van der Waals surface area contributed by atoms with E-state index in [1.807, 2.05) is 34.6 Å². The smallest absolute Gasteiger partial charge is 0.334 e. The first-order valence-electron chi connectivity index (χ1n) is 10.8. The van der Waals surface area contributed by atoms with Gasteiger partial charge in [-0.2, -0.15) is 0 Å². The van der Waals surface area contributed by atoms with E-state index in [0.29, 0.717) is 24.0 Å². The SMILES string of the molecule is CC=C(C)C(=O)OC1c2c(C)coc2C(=O)C2CCC(OC(=O)C=C(C)C)C(C)C21C. The molecule has 5 atom stereocenters. The Morgan fingerprint density at radius 1 is 1.19 bits per heavy atom. The molecular formula is C25H32O6. The number of allylic oxidation sites excluding steroid dienone is 2. The Hall–Kier alpha value is -2.63. The third kappa shape index (κ3) is 3.88. The Morgan fingerprint density at radius 3 is 2.48 bits per heavy atom. The van der Waals surface area contributed by atoms with Crippen LogP contribution in [0.3, 0.4) is 0 Å². The average molecular weight is 429 g/mol. The number of rotatable bonds is 4. The Kier molecular flexibility index (Phi) is 6.30. The number of furan rings is 1. The van der Waals surface area contributed by atoms with Gasteiger partial charge in [-0.3, -0.25) is 4.79 Å². The molecule has 1 fully saturated rings. The molecule has 168 valence electrons. The molecule has 0 spiro atoms. The quantitative estimate of drug-likeness (QED) is 0.480. The van der Waals surface area contributed by atoms with Crippen LogP contribution in [-0.4, -0.2) is 23.8 Å². The molecule has 5 unspecified atom stereocenters. The second kappa shape index (κ2) is 8.48. The van der Waals surface area contributed by atoms with Crippen LogP contribution < -0.4 is 0 Å². The minimum atomic E-state index is -0.740. The molecule has 1 heterocycles. The summed E-state index contributed by atoms with van der Waals surface area (Å²) in [6, 6.07) is 0. The van der Waals surface area contributed by atoms with Gasteiger partial charge >= 0.3 is 11.9 Å². The van der Waals surface area contributed by atoms with Crippen molar-refractivity contribution in [3.8, 4) is 0 Å². The first kappa shape index (κ1) is 23.0. The predicted octanol–water partition coefficient (Wildman–Crippen LogP) is 5.27. The van der Waals surface area contributed by atoms with E-state index in [2.05, 4.69) is 0 Å². The zero-order valence-electron chi connectivity index (χ0n) is 19.4. The largest absolute Gasteiger partial charge is 0.461 e. The molecule has 1 saturated carbocycles. The summed E-state index contributed by atoms with van der Waals surface area (Å²) in [5.74, 6) is -1.20. The van der Waals surface area contributed by atoms with Gasteiger partial charge in [0.25, 0.3) is 0 Å². The molecule has 0 aromatic carbocycles. The molecule has 3 rings (SSSR count). The minimum absolute atomic E-state index is 0.0680. The number of aryl methyl sites for hydroxylation is 1. The van der Waals surface area contributed by atoms with E-state index >= 15 is 0 Å². The predicted molar refractivity (Wildman–Crippen MR) is 115 cm³/mol. The van der Waals surface area contributed by atoms with E-state index in [1.54, 1.807) is 26.2 Å². The zero-order valence-corrected chi connectivity index (χ0v) is 19.4. The molecule has 31 heavy (non-hydrogen) atoms. The lowest BCUT2D eigenvalue weighted by molar-refractivity contribution is -0.177. The topological polar surface area (TPSA) is 82.8 Å². The highest BCUT2D eigenvalue weighted by Gasteiger charge is 2.61. The van der Waals surface area contributed by atoms with Crippen molar-refractivity contribution in [2.75, 3.05) is 0 Å². The van der Waals surface area contributed by atoms with Gasteiger partial charge in [0.05, 0.1) is 6.26 Å². The van der Waals surface area contributed by atoms with Crippen LogP contribution in [-0.2, 0) is 19.1 Å². The summed E-state index contributed by atoms with van der Waals surface area (Å²) in [7, 11) is 0. The summed E-state index contributed by atoms with van der Waals surface area (Å²) >= 11 is 0. The van der Waals surface area contributed by atoms with Gasteiger partial charge in [-0.05, 0) is 53.0 Å². The monoisotopic (exact) mass is 428 g/mol. The van der Waals surface area contributed by atoms with E-state index in [4.69, 9.17) is 13.9 Å². The Morgan fingerprint density at radius 2 is 1.87 bits per heavy atom. The molecular weight excluding hydrogens is 396 g/mol. The van der Waals surface area contributed by atoms with Crippen LogP contribution >= 0.6 is 0 Å². The summed E-state index contributed by atoms with van der Waals surface area (Å²) in [5, 5.41) is 0. The highest BCUT2D eigenvalue weighted by molar-refractivity contribution is 5.99. The molecule has 6 heteroatoms. The lowest BCUT2D eigenvalue weighted by Gasteiger charge is -2.53. The molecule has 1 aromatic rings. The maximum Gasteiger partial charge on any atom is 0.334 e. The molecule has 0 saturated heterocycles.